The van der Waals surface area contributed by atoms with Crippen molar-refractivity contribution in [1.29, 1.82) is 0 Å². The van der Waals surface area contributed by atoms with E-state index in [4.69, 9.17) is 0 Å². The molecule has 52 valence electrons. The molecule has 9 heavy (non-hydrogen) atoms. The topological polar surface area (TPSA) is 0 Å². The molecule has 0 nitrogen and oxygen atoms in total. The van der Waals surface area contributed by atoms with E-state index in [9.17, 15) is 0 Å². The second kappa shape index (κ2) is 1.74. The van der Waals surface area contributed by atoms with Crippen LogP contribution in [0.4, 0.5) is 0 Å². The van der Waals surface area contributed by atoms with Crippen LogP contribution >= 0.6 is 0 Å². The molecule has 0 N–H and O–H groups in total. The zero-order chi connectivity index (χ0) is 6.43. The molecule has 0 aromatic rings. The first-order valence-corrected chi connectivity index (χ1v) is 4.29. The summed E-state index contributed by atoms with van der Waals surface area (Å²) in [6.07, 6.45) is 4.63. The van der Waals surface area contributed by atoms with Crippen LogP contribution in [0.5, 0.6) is 0 Å². The van der Waals surface area contributed by atoms with Gasteiger partial charge in [-0.2, -0.15) is 0 Å². The van der Waals surface area contributed by atoms with Gasteiger partial charge in [0.25, 0.3) is 0 Å². The Balaban J connectivity index is 2.15. The van der Waals surface area contributed by atoms with Crippen molar-refractivity contribution in [3.05, 3.63) is 0 Å². The van der Waals surface area contributed by atoms with Gasteiger partial charge in [-0.15, -0.1) is 0 Å². The zero-order valence-electron chi connectivity index (χ0n) is 6.43. The summed E-state index contributed by atoms with van der Waals surface area (Å²) >= 11 is 0. The van der Waals surface area contributed by atoms with Crippen LogP contribution in [0, 0.1) is 23.7 Å². The minimum atomic E-state index is 1.05. The third-order valence-corrected chi connectivity index (χ3v) is 3.83. The third-order valence-electron chi connectivity index (χ3n) is 3.83. The van der Waals surface area contributed by atoms with Crippen molar-refractivity contribution in [3.63, 3.8) is 0 Å². The van der Waals surface area contributed by atoms with E-state index in [0.29, 0.717) is 0 Å². The van der Waals surface area contributed by atoms with Crippen molar-refractivity contribution in [2.24, 2.45) is 23.7 Å². The molecule has 2 rings (SSSR count). The first-order chi connectivity index (χ1) is 4.29. The molecule has 1 unspecified atom stereocenters. The minimum Gasteiger partial charge on any atom is -0.0620 e. The molecular weight excluding hydrogens is 108 g/mol. The molecule has 2 bridgehead atoms. The van der Waals surface area contributed by atoms with Crippen molar-refractivity contribution in [2.45, 2.75) is 33.1 Å². The van der Waals surface area contributed by atoms with Gasteiger partial charge in [0.1, 0.15) is 0 Å². The molecule has 0 aromatic carbocycles. The molecule has 0 saturated heterocycles. The van der Waals surface area contributed by atoms with E-state index in [-0.39, 0.29) is 0 Å². The van der Waals surface area contributed by atoms with Crippen LogP contribution in [-0.4, -0.2) is 0 Å². The van der Waals surface area contributed by atoms with Crippen molar-refractivity contribution >= 4 is 0 Å². The van der Waals surface area contributed by atoms with Crippen molar-refractivity contribution in [1.82, 2.24) is 0 Å². The Kier molecular flexibility index (Phi) is 1.12. The molecular formula is C9H16. The van der Waals surface area contributed by atoms with Crippen LogP contribution in [0.25, 0.3) is 0 Å². The Labute approximate surface area is 57.6 Å². The van der Waals surface area contributed by atoms with Crippen molar-refractivity contribution in [2.75, 3.05) is 0 Å². The number of hydrogen-bond acceptors (Lipinski definition) is 0. The molecule has 0 spiro atoms. The maximum Gasteiger partial charge on any atom is -0.0383 e. The maximum absolute atomic E-state index is 2.44. The highest BCUT2D eigenvalue weighted by atomic mass is 14.5. The van der Waals surface area contributed by atoms with E-state index in [0.717, 1.165) is 23.7 Å². The summed E-state index contributed by atoms with van der Waals surface area (Å²) < 4.78 is 0. The number of hydrogen-bond donors (Lipinski definition) is 0. The summed E-state index contributed by atoms with van der Waals surface area (Å²) in [5.41, 5.74) is 0. The fourth-order valence-corrected chi connectivity index (χ4v) is 2.87. The number of fused-ring (bicyclic) bond motifs is 2. The van der Waals surface area contributed by atoms with Crippen LogP contribution < -0.4 is 0 Å². The van der Waals surface area contributed by atoms with Gasteiger partial charge in [0.05, 0.1) is 0 Å². The lowest BCUT2D eigenvalue weighted by atomic mass is 9.82. The average molecular weight is 124 g/mol. The SMILES string of the molecule is CC1[C@H]2CC[C@H](C2)[C@@H]1C. The predicted molar refractivity (Wildman–Crippen MR) is 39.2 cm³/mol. The fourth-order valence-electron chi connectivity index (χ4n) is 2.87. The molecule has 4 atom stereocenters. The van der Waals surface area contributed by atoms with Crippen LogP contribution in [0.1, 0.15) is 33.1 Å². The largest absolute Gasteiger partial charge is 0.0620 e. The van der Waals surface area contributed by atoms with E-state index in [1.165, 1.54) is 12.8 Å². The van der Waals surface area contributed by atoms with Gasteiger partial charge in [-0.1, -0.05) is 13.8 Å². The summed E-state index contributed by atoms with van der Waals surface area (Å²) in [5.74, 6) is 4.32. The molecule has 2 aliphatic rings. The Morgan fingerprint density at radius 1 is 0.889 bits per heavy atom. The maximum atomic E-state index is 2.44. The van der Waals surface area contributed by atoms with E-state index >= 15 is 0 Å². The molecule has 0 radical (unpaired) electrons. The van der Waals surface area contributed by atoms with Crippen LogP contribution in [0.15, 0.2) is 0 Å². The Morgan fingerprint density at radius 3 is 1.56 bits per heavy atom. The molecule has 2 fully saturated rings. The lowest BCUT2D eigenvalue weighted by molar-refractivity contribution is 0.259. The molecule has 2 aliphatic carbocycles. The molecule has 2 saturated carbocycles. The van der Waals surface area contributed by atoms with E-state index in [1.807, 2.05) is 0 Å². The molecule has 0 amide bonds. The van der Waals surface area contributed by atoms with Crippen molar-refractivity contribution < 1.29 is 0 Å². The standard InChI is InChI=1S/C9H16/c1-6-7(2)9-4-3-8(6)5-9/h6-9H,3-5H2,1-2H3/t6-,7?,8-,9+/m1/s1. The van der Waals surface area contributed by atoms with E-state index < -0.39 is 0 Å². The Morgan fingerprint density at radius 2 is 1.33 bits per heavy atom. The monoisotopic (exact) mass is 124 g/mol. The van der Waals surface area contributed by atoms with Crippen LogP contribution in [0.2, 0.25) is 0 Å². The van der Waals surface area contributed by atoms with E-state index in [1.54, 1.807) is 6.42 Å². The molecule has 0 aromatic heterocycles. The highest BCUT2D eigenvalue weighted by Crippen LogP contribution is 2.51. The van der Waals surface area contributed by atoms with E-state index in [2.05, 4.69) is 13.8 Å². The highest BCUT2D eigenvalue weighted by molar-refractivity contribution is 4.92. The first-order valence-electron chi connectivity index (χ1n) is 4.29. The predicted octanol–water partition coefficient (Wildman–Crippen LogP) is 2.69. The van der Waals surface area contributed by atoms with Gasteiger partial charge >= 0.3 is 0 Å². The zero-order valence-corrected chi connectivity index (χ0v) is 6.43. The summed E-state index contributed by atoms with van der Waals surface area (Å²) in [7, 11) is 0. The lowest BCUT2D eigenvalue weighted by Gasteiger charge is -2.24. The van der Waals surface area contributed by atoms with Crippen molar-refractivity contribution in [3.8, 4) is 0 Å². The quantitative estimate of drug-likeness (QED) is 0.465. The van der Waals surface area contributed by atoms with Gasteiger partial charge in [0, 0.05) is 0 Å². The highest BCUT2D eigenvalue weighted by Gasteiger charge is 2.42. The summed E-state index contributed by atoms with van der Waals surface area (Å²) in [6.45, 7) is 4.88. The minimum absolute atomic E-state index is 1.05. The molecule has 0 heteroatoms. The number of rotatable bonds is 0. The van der Waals surface area contributed by atoms with Gasteiger partial charge in [-0.3, -0.25) is 0 Å². The summed E-state index contributed by atoms with van der Waals surface area (Å²) in [5, 5.41) is 0. The van der Waals surface area contributed by atoms with Gasteiger partial charge in [0.2, 0.25) is 0 Å². The fraction of sp³-hybridized carbons (Fsp3) is 1.00. The molecule has 0 aliphatic heterocycles. The average Bonchev–Trinajstić information content (AvgIpc) is 2.37. The summed E-state index contributed by atoms with van der Waals surface area (Å²) in [6, 6.07) is 0. The van der Waals surface area contributed by atoms with Crippen LogP contribution in [0.3, 0.4) is 0 Å². The Bertz CT molecular complexity index is 99.2. The van der Waals surface area contributed by atoms with Gasteiger partial charge in [-0.05, 0) is 42.9 Å². The van der Waals surface area contributed by atoms with Crippen LogP contribution in [-0.2, 0) is 0 Å². The Hall–Kier alpha value is 0. The molecule has 0 heterocycles. The normalized spacial score (nSPS) is 56.7. The second-order valence-electron chi connectivity index (χ2n) is 4.05. The summed E-state index contributed by atoms with van der Waals surface area (Å²) in [4.78, 5) is 0. The van der Waals surface area contributed by atoms with Gasteiger partial charge in [0.15, 0.2) is 0 Å². The van der Waals surface area contributed by atoms with Gasteiger partial charge in [-0.25, -0.2) is 0 Å². The smallest absolute Gasteiger partial charge is 0.0383 e. The second-order valence-corrected chi connectivity index (χ2v) is 4.05. The first kappa shape index (κ1) is 5.76. The third kappa shape index (κ3) is 0.653. The van der Waals surface area contributed by atoms with Gasteiger partial charge < -0.3 is 0 Å². The lowest BCUT2D eigenvalue weighted by Crippen LogP contribution is -2.15.